The Morgan fingerprint density at radius 1 is 1.14 bits per heavy atom. The number of piperidine rings is 2. The van der Waals surface area contributed by atoms with Gasteiger partial charge in [-0.2, -0.15) is 0 Å². The number of benzene rings is 1. The summed E-state index contributed by atoms with van der Waals surface area (Å²) in [5.41, 5.74) is 4.41. The van der Waals surface area contributed by atoms with Crippen molar-refractivity contribution < 1.29 is 0 Å². The second-order valence-electron chi connectivity index (χ2n) is 6.99. The molecule has 2 aliphatic rings. The van der Waals surface area contributed by atoms with Gasteiger partial charge in [-0.25, -0.2) is 0 Å². The Morgan fingerprint density at radius 2 is 1.86 bits per heavy atom. The molecule has 2 atom stereocenters. The van der Waals surface area contributed by atoms with E-state index in [-0.39, 0.29) is 0 Å². The summed E-state index contributed by atoms with van der Waals surface area (Å²) >= 11 is 0. The highest BCUT2D eigenvalue weighted by Gasteiger charge is 2.38. The van der Waals surface area contributed by atoms with Crippen LogP contribution in [0, 0.1) is 13.8 Å². The van der Waals surface area contributed by atoms with E-state index in [2.05, 4.69) is 49.2 Å². The Labute approximate surface area is 129 Å². The highest BCUT2D eigenvalue weighted by molar-refractivity contribution is 5.58. The lowest BCUT2D eigenvalue weighted by molar-refractivity contribution is 0.245. The Bertz CT molecular complexity index is 468. The maximum Gasteiger partial charge on any atom is 0.0403 e. The predicted octanol–water partition coefficient (Wildman–Crippen LogP) is 4.19. The van der Waals surface area contributed by atoms with E-state index in [1.54, 1.807) is 0 Å². The Kier molecular flexibility index (Phi) is 4.54. The molecule has 2 fully saturated rings. The van der Waals surface area contributed by atoms with Crippen molar-refractivity contribution in [2.75, 3.05) is 11.4 Å². The molecule has 0 aliphatic carbocycles. The van der Waals surface area contributed by atoms with Crippen molar-refractivity contribution >= 4 is 5.69 Å². The minimum atomic E-state index is 0.738. The molecule has 2 saturated heterocycles. The number of nitrogens with zero attached hydrogens (tertiary/aromatic N) is 1. The van der Waals surface area contributed by atoms with Gasteiger partial charge in [0.15, 0.2) is 0 Å². The van der Waals surface area contributed by atoms with Crippen molar-refractivity contribution in [2.24, 2.45) is 0 Å². The van der Waals surface area contributed by atoms with Gasteiger partial charge >= 0.3 is 0 Å². The van der Waals surface area contributed by atoms with Crippen molar-refractivity contribution in [3.8, 4) is 0 Å². The van der Waals surface area contributed by atoms with Gasteiger partial charge < -0.3 is 10.2 Å². The number of nitrogens with one attached hydrogen (secondary N) is 1. The minimum Gasteiger partial charge on any atom is -0.365 e. The minimum absolute atomic E-state index is 0.738. The SMILES string of the molecule is CCCNC1CC2CCCC(C1)N2c1cccc(C)c1C. The van der Waals surface area contributed by atoms with Gasteiger partial charge in [-0.15, -0.1) is 0 Å². The molecule has 2 bridgehead atoms. The molecule has 0 radical (unpaired) electrons. The van der Waals surface area contributed by atoms with Crippen LogP contribution in [0.1, 0.15) is 56.6 Å². The van der Waals surface area contributed by atoms with Crippen LogP contribution < -0.4 is 10.2 Å². The molecule has 0 saturated carbocycles. The smallest absolute Gasteiger partial charge is 0.0403 e. The average molecular weight is 286 g/mol. The first-order chi connectivity index (χ1) is 10.2. The van der Waals surface area contributed by atoms with E-state index in [9.17, 15) is 0 Å². The summed E-state index contributed by atoms with van der Waals surface area (Å²) < 4.78 is 0. The summed E-state index contributed by atoms with van der Waals surface area (Å²) in [7, 11) is 0. The largest absolute Gasteiger partial charge is 0.365 e. The van der Waals surface area contributed by atoms with Crippen LogP contribution in [0.4, 0.5) is 5.69 Å². The van der Waals surface area contributed by atoms with E-state index in [0.717, 1.165) is 18.1 Å². The van der Waals surface area contributed by atoms with Gasteiger partial charge in [0.05, 0.1) is 0 Å². The second-order valence-corrected chi connectivity index (χ2v) is 6.99. The van der Waals surface area contributed by atoms with Crippen LogP contribution in [0.25, 0.3) is 0 Å². The summed E-state index contributed by atoms with van der Waals surface area (Å²) in [6.07, 6.45) is 8.04. The summed E-state index contributed by atoms with van der Waals surface area (Å²) in [5.74, 6) is 0. The topological polar surface area (TPSA) is 15.3 Å². The van der Waals surface area contributed by atoms with Crippen LogP contribution >= 0.6 is 0 Å². The predicted molar refractivity (Wildman–Crippen MR) is 91.1 cm³/mol. The molecule has 0 spiro atoms. The van der Waals surface area contributed by atoms with Gasteiger partial charge in [-0.3, -0.25) is 0 Å². The molecule has 2 aliphatic heterocycles. The Balaban J connectivity index is 1.82. The third-order valence-electron chi connectivity index (χ3n) is 5.51. The van der Waals surface area contributed by atoms with E-state index in [0.29, 0.717) is 0 Å². The number of rotatable bonds is 4. The Morgan fingerprint density at radius 3 is 2.52 bits per heavy atom. The van der Waals surface area contributed by atoms with Gasteiger partial charge in [-0.05, 0) is 76.1 Å². The first kappa shape index (κ1) is 14.9. The maximum atomic E-state index is 3.77. The zero-order valence-corrected chi connectivity index (χ0v) is 13.9. The van der Waals surface area contributed by atoms with Crippen molar-refractivity contribution in [1.29, 1.82) is 0 Å². The molecular weight excluding hydrogens is 256 g/mol. The van der Waals surface area contributed by atoms with Crippen LogP contribution in [0.2, 0.25) is 0 Å². The molecule has 2 heteroatoms. The summed E-state index contributed by atoms with van der Waals surface area (Å²) in [6, 6.07) is 9.04. The molecular formula is C19H30N2. The standard InChI is InChI=1S/C19H30N2/c1-4-11-20-16-12-17-8-6-9-18(13-16)21(17)19-10-5-7-14(2)15(19)3/h5,7,10,16-18,20H,4,6,8-9,11-13H2,1-3H3. The molecule has 1 aromatic carbocycles. The van der Waals surface area contributed by atoms with Crippen LogP contribution in [0.3, 0.4) is 0 Å². The fourth-order valence-corrected chi connectivity index (χ4v) is 4.31. The molecule has 2 unspecified atom stereocenters. The molecule has 2 nitrogen and oxygen atoms in total. The van der Waals surface area contributed by atoms with E-state index >= 15 is 0 Å². The van der Waals surface area contributed by atoms with Crippen LogP contribution in [-0.2, 0) is 0 Å². The lowest BCUT2D eigenvalue weighted by atomic mass is 9.81. The van der Waals surface area contributed by atoms with Crippen molar-refractivity contribution in [3.63, 3.8) is 0 Å². The van der Waals surface area contributed by atoms with Crippen molar-refractivity contribution in [1.82, 2.24) is 5.32 Å². The van der Waals surface area contributed by atoms with Crippen LogP contribution in [0.15, 0.2) is 18.2 Å². The zero-order valence-electron chi connectivity index (χ0n) is 13.9. The van der Waals surface area contributed by atoms with Crippen LogP contribution in [-0.4, -0.2) is 24.7 Å². The molecule has 1 N–H and O–H groups in total. The third kappa shape index (κ3) is 2.96. The van der Waals surface area contributed by atoms with Gasteiger partial charge in [0.1, 0.15) is 0 Å². The molecule has 2 heterocycles. The Hall–Kier alpha value is -1.02. The number of fused-ring (bicyclic) bond motifs is 2. The summed E-state index contributed by atoms with van der Waals surface area (Å²) in [5, 5.41) is 3.77. The van der Waals surface area contributed by atoms with Crippen molar-refractivity contribution in [2.45, 2.75) is 77.4 Å². The molecule has 0 aromatic heterocycles. The molecule has 21 heavy (non-hydrogen) atoms. The highest BCUT2D eigenvalue weighted by atomic mass is 15.2. The van der Waals surface area contributed by atoms with E-state index in [1.165, 1.54) is 61.9 Å². The highest BCUT2D eigenvalue weighted by Crippen LogP contribution is 2.39. The van der Waals surface area contributed by atoms with Gasteiger partial charge in [0.25, 0.3) is 0 Å². The number of aryl methyl sites for hydroxylation is 1. The number of anilines is 1. The van der Waals surface area contributed by atoms with Gasteiger partial charge in [0.2, 0.25) is 0 Å². The lowest BCUT2D eigenvalue weighted by Crippen LogP contribution is -2.56. The van der Waals surface area contributed by atoms with Gasteiger partial charge in [-0.1, -0.05) is 19.1 Å². The zero-order chi connectivity index (χ0) is 14.8. The summed E-state index contributed by atoms with van der Waals surface area (Å²) in [6.45, 7) is 7.97. The lowest BCUT2D eigenvalue weighted by Gasteiger charge is -2.51. The summed E-state index contributed by atoms with van der Waals surface area (Å²) in [4.78, 5) is 2.77. The quantitative estimate of drug-likeness (QED) is 0.892. The fraction of sp³-hybridized carbons (Fsp3) is 0.684. The molecule has 3 rings (SSSR count). The first-order valence-electron chi connectivity index (χ1n) is 8.78. The van der Waals surface area contributed by atoms with E-state index in [4.69, 9.17) is 0 Å². The maximum absolute atomic E-state index is 3.77. The monoisotopic (exact) mass is 286 g/mol. The fourth-order valence-electron chi connectivity index (χ4n) is 4.31. The van der Waals surface area contributed by atoms with Crippen LogP contribution in [0.5, 0.6) is 0 Å². The molecule has 0 amide bonds. The number of hydrogen-bond donors (Lipinski definition) is 1. The van der Waals surface area contributed by atoms with E-state index in [1.807, 2.05) is 0 Å². The number of hydrogen-bond acceptors (Lipinski definition) is 2. The second kappa shape index (κ2) is 6.39. The van der Waals surface area contributed by atoms with Crippen molar-refractivity contribution in [3.05, 3.63) is 29.3 Å². The average Bonchev–Trinajstić information content (AvgIpc) is 2.47. The van der Waals surface area contributed by atoms with Gasteiger partial charge in [0, 0.05) is 23.8 Å². The third-order valence-corrected chi connectivity index (χ3v) is 5.51. The molecule has 1 aromatic rings. The first-order valence-corrected chi connectivity index (χ1v) is 8.78. The molecule has 116 valence electrons. The van der Waals surface area contributed by atoms with E-state index < -0.39 is 0 Å². The normalized spacial score (nSPS) is 28.7.